The predicted molar refractivity (Wildman–Crippen MR) is 115 cm³/mol. The summed E-state index contributed by atoms with van der Waals surface area (Å²) in [6, 6.07) is 3.87. The molecule has 0 saturated carbocycles. The summed E-state index contributed by atoms with van der Waals surface area (Å²) >= 11 is 6.58. The van der Waals surface area contributed by atoms with Gasteiger partial charge >= 0.3 is 11.9 Å². The van der Waals surface area contributed by atoms with Crippen LogP contribution >= 0.6 is 67.8 Å². The first-order valence-corrected chi connectivity index (χ1v) is 10.7. The number of hydrogen-bond acceptors (Lipinski definition) is 4. The standard InChI is InChI=1S/C16H19I3O4/c1-2-7-22-14(20)6-4-3-5-8-23-16(21)12-9-11(17)10-13(18)15(12)19/h9-10H,2-8H2,1H3. The molecule has 0 unspecified atom stereocenters. The molecule has 0 bridgehead atoms. The molecular weight excluding hydrogens is 637 g/mol. The molecule has 0 heterocycles. The quantitative estimate of drug-likeness (QED) is 0.160. The van der Waals surface area contributed by atoms with Crippen molar-refractivity contribution in [2.45, 2.75) is 39.0 Å². The maximum absolute atomic E-state index is 12.1. The molecule has 1 aromatic carbocycles. The smallest absolute Gasteiger partial charge is 0.339 e. The van der Waals surface area contributed by atoms with Crippen LogP contribution in [0.2, 0.25) is 0 Å². The number of unbranched alkanes of at least 4 members (excludes halogenated alkanes) is 2. The normalized spacial score (nSPS) is 10.4. The summed E-state index contributed by atoms with van der Waals surface area (Å²) < 4.78 is 13.3. The molecule has 0 amide bonds. The van der Waals surface area contributed by atoms with Crippen LogP contribution in [0.3, 0.4) is 0 Å². The van der Waals surface area contributed by atoms with E-state index < -0.39 is 0 Å². The number of hydrogen-bond donors (Lipinski definition) is 0. The largest absolute Gasteiger partial charge is 0.466 e. The Bertz CT molecular complexity index is 546. The molecule has 0 aromatic heterocycles. The Morgan fingerprint density at radius 1 is 1.00 bits per heavy atom. The highest BCUT2D eigenvalue weighted by Gasteiger charge is 2.14. The third kappa shape index (κ3) is 8.32. The fraction of sp³-hybridized carbons (Fsp3) is 0.500. The second kappa shape index (κ2) is 11.8. The highest BCUT2D eigenvalue weighted by Crippen LogP contribution is 2.23. The molecule has 1 aromatic rings. The van der Waals surface area contributed by atoms with Crippen LogP contribution in [0.5, 0.6) is 0 Å². The minimum atomic E-state index is -0.284. The summed E-state index contributed by atoms with van der Waals surface area (Å²) in [5.74, 6) is -0.431. The molecule has 0 aliphatic rings. The van der Waals surface area contributed by atoms with E-state index in [9.17, 15) is 9.59 Å². The van der Waals surface area contributed by atoms with Crippen LogP contribution in [-0.4, -0.2) is 25.2 Å². The van der Waals surface area contributed by atoms with E-state index in [0.717, 1.165) is 36.4 Å². The molecule has 0 N–H and O–H groups in total. The van der Waals surface area contributed by atoms with Crippen molar-refractivity contribution in [1.29, 1.82) is 0 Å². The molecule has 0 aliphatic heterocycles. The van der Waals surface area contributed by atoms with Gasteiger partial charge in [-0.15, -0.1) is 0 Å². The van der Waals surface area contributed by atoms with E-state index in [2.05, 4.69) is 67.8 Å². The minimum absolute atomic E-state index is 0.146. The zero-order valence-corrected chi connectivity index (χ0v) is 19.3. The molecule has 0 atom stereocenters. The SMILES string of the molecule is CCCOC(=O)CCCCCOC(=O)c1cc(I)cc(I)c1I. The van der Waals surface area contributed by atoms with E-state index >= 15 is 0 Å². The highest BCUT2D eigenvalue weighted by atomic mass is 127. The summed E-state index contributed by atoms with van der Waals surface area (Å²) in [6.07, 6.45) is 3.64. The molecule has 23 heavy (non-hydrogen) atoms. The van der Waals surface area contributed by atoms with Gasteiger partial charge in [-0.25, -0.2) is 4.79 Å². The topological polar surface area (TPSA) is 52.6 Å². The minimum Gasteiger partial charge on any atom is -0.466 e. The number of halogens is 3. The number of rotatable bonds is 9. The van der Waals surface area contributed by atoms with Gasteiger partial charge in [0.05, 0.1) is 18.8 Å². The fourth-order valence-corrected chi connectivity index (χ4v) is 4.16. The van der Waals surface area contributed by atoms with Gasteiger partial charge in [-0.05, 0) is 106 Å². The van der Waals surface area contributed by atoms with Crippen molar-refractivity contribution >= 4 is 79.7 Å². The van der Waals surface area contributed by atoms with E-state index in [4.69, 9.17) is 9.47 Å². The summed E-state index contributed by atoms with van der Waals surface area (Å²) in [7, 11) is 0. The zero-order valence-electron chi connectivity index (χ0n) is 12.9. The lowest BCUT2D eigenvalue weighted by atomic mass is 10.2. The first-order valence-electron chi connectivity index (χ1n) is 7.43. The predicted octanol–water partition coefficient (Wildman–Crippen LogP) is 5.17. The van der Waals surface area contributed by atoms with Gasteiger partial charge in [-0.2, -0.15) is 0 Å². The summed E-state index contributed by atoms with van der Waals surface area (Å²) in [5.41, 5.74) is 0.616. The second-order valence-electron chi connectivity index (χ2n) is 4.92. The molecule has 128 valence electrons. The number of carbonyl (C=O) groups is 2. The van der Waals surface area contributed by atoms with Gasteiger partial charge in [-0.3, -0.25) is 4.79 Å². The first-order chi connectivity index (χ1) is 11.0. The average molecular weight is 656 g/mol. The third-order valence-corrected chi connectivity index (χ3v) is 6.61. The maximum atomic E-state index is 12.1. The third-order valence-electron chi connectivity index (χ3n) is 2.94. The molecular formula is C16H19I3O4. The van der Waals surface area contributed by atoms with E-state index in [0.29, 0.717) is 25.2 Å². The van der Waals surface area contributed by atoms with Crippen molar-refractivity contribution in [1.82, 2.24) is 0 Å². The highest BCUT2D eigenvalue weighted by molar-refractivity contribution is 14.1. The molecule has 0 saturated heterocycles. The van der Waals surface area contributed by atoms with E-state index in [-0.39, 0.29) is 11.9 Å². The van der Waals surface area contributed by atoms with E-state index in [1.165, 1.54) is 0 Å². The Balaban J connectivity index is 2.26. The van der Waals surface area contributed by atoms with Crippen molar-refractivity contribution in [2.24, 2.45) is 0 Å². The summed E-state index contributed by atoms with van der Waals surface area (Å²) in [4.78, 5) is 23.4. The average Bonchev–Trinajstić information content (AvgIpc) is 2.51. The lowest BCUT2D eigenvalue weighted by Gasteiger charge is -2.08. The number of benzene rings is 1. The van der Waals surface area contributed by atoms with Crippen molar-refractivity contribution in [3.63, 3.8) is 0 Å². The maximum Gasteiger partial charge on any atom is 0.339 e. The van der Waals surface area contributed by atoms with Gasteiger partial charge in [0, 0.05) is 17.1 Å². The van der Waals surface area contributed by atoms with Crippen molar-refractivity contribution in [3.05, 3.63) is 28.4 Å². The van der Waals surface area contributed by atoms with Crippen LogP contribution in [0.4, 0.5) is 0 Å². The van der Waals surface area contributed by atoms with E-state index in [1.54, 1.807) is 0 Å². The fourth-order valence-electron chi connectivity index (χ4n) is 1.78. The van der Waals surface area contributed by atoms with E-state index in [1.807, 2.05) is 19.1 Å². The number of esters is 2. The van der Waals surface area contributed by atoms with Crippen LogP contribution in [-0.2, 0) is 14.3 Å². The Hall–Kier alpha value is 0.350. The van der Waals surface area contributed by atoms with Gasteiger partial charge in [0.25, 0.3) is 0 Å². The zero-order chi connectivity index (χ0) is 17.2. The van der Waals surface area contributed by atoms with Crippen LogP contribution in [0, 0.1) is 10.7 Å². The Kier molecular flexibility index (Phi) is 11.0. The lowest BCUT2D eigenvalue weighted by molar-refractivity contribution is -0.143. The van der Waals surface area contributed by atoms with Gasteiger partial charge in [0.15, 0.2) is 0 Å². The van der Waals surface area contributed by atoms with Crippen LogP contribution in [0.15, 0.2) is 12.1 Å². The van der Waals surface area contributed by atoms with Crippen LogP contribution in [0.1, 0.15) is 49.4 Å². The van der Waals surface area contributed by atoms with Crippen LogP contribution < -0.4 is 0 Å². The van der Waals surface area contributed by atoms with Gasteiger partial charge in [-0.1, -0.05) is 6.92 Å². The Morgan fingerprint density at radius 3 is 2.43 bits per heavy atom. The van der Waals surface area contributed by atoms with Crippen LogP contribution in [0.25, 0.3) is 0 Å². The van der Waals surface area contributed by atoms with Gasteiger partial charge in [0.1, 0.15) is 0 Å². The Morgan fingerprint density at radius 2 is 1.74 bits per heavy atom. The molecule has 7 heteroatoms. The van der Waals surface area contributed by atoms with Gasteiger partial charge in [0.2, 0.25) is 0 Å². The number of carbonyl (C=O) groups excluding carboxylic acids is 2. The molecule has 0 aliphatic carbocycles. The molecule has 0 spiro atoms. The summed E-state index contributed by atoms with van der Waals surface area (Å²) in [6.45, 7) is 2.84. The van der Waals surface area contributed by atoms with Gasteiger partial charge < -0.3 is 9.47 Å². The van der Waals surface area contributed by atoms with Crippen molar-refractivity contribution < 1.29 is 19.1 Å². The van der Waals surface area contributed by atoms with Crippen molar-refractivity contribution in [2.75, 3.05) is 13.2 Å². The lowest BCUT2D eigenvalue weighted by Crippen LogP contribution is -2.10. The monoisotopic (exact) mass is 656 g/mol. The molecule has 1 rings (SSSR count). The summed E-state index contributed by atoms with van der Waals surface area (Å²) in [5, 5.41) is 0. The number of ether oxygens (including phenoxy) is 2. The molecule has 0 fully saturated rings. The van der Waals surface area contributed by atoms with Crippen molar-refractivity contribution in [3.8, 4) is 0 Å². The second-order valence-corrected chi connectivity index (χ2v) is 8.40. The molecule has 0 radical (unpaired) electrons. The first kappa shape index (κ1) is 21.4. The Labute approximate surface area is 177 Å². The molecule has 4 nitrogen and oxygen atoms in total.